The molecule has 0 aromatic heterocycles. The quantitative estimate of drug-likeness (QED) is 0.745. The maximum absolute atomic E-state index is 10.6. The fourth-order valence-corrected chi connectivity index (χ4v) is 1.15. The monoisotopic (exact) mass is 217 g/mol. The van der Waals surface area contributed by atoms with Gasteiger partial charge in [-0.1, -0.05) is 24.3 Å². The summed E-state index contributed by atoms with van der Waals surface area (Å²) in [5.74, 6) is -1.56. The number of aliphatic carboxylic acids is 1. The van der Waals surface area contributed by atoms with Gasteiger partial charge in [-0.05, 0) is 23.3 Å². The van der Waals surface area contributed by atoms with Crippen molar-refractivity contribution in [2.75, 3.05) is 0 Å². The third-order valence-electron chi connectivity index (χ3n) is 1.83. The van der Waals surface area contributed by atoms with Crippen LogP contribution >= 0.6 is 0 Å². The van der Waals surface area contributed by atoms with Gasteiger partial charge in [-0.15, -0.1) is 0 Å². The summed E-state index contributed by atoms with van der Waals surface area (Å²) in [7, 11) is 0. The van der Waals surface area contributed by atoms with Crippen LogP contribution in [-0.4, -0.2) is 17.0 Å². The molecule has 3 N–H and O–H groups in total. The van der Waals surface area contributed by atoms with Crippen molar-refractivity contribution in [3.63, 3.8) is 0 Å². The van der Waals surface area contributed by atoms with Gasteiger partial charge in [-0.3, -0.25) is 4.79 Å². The minimum absolute atomic E-state index is 0.544. The molecule has 0 radical (unpaired) electrons. The lowest BCUT2D eigenvalue weighted by Gasteiger charge is -1.98. The summed E-state index contributed by atoms with van der Waals surface area (Å²) in [5, 5.41) is 8.50. The molecule has 0 aliphatic carbocycles. The average molecular weight is 217 g/mol. The highest BCUT2D eigenvalue weighted by atomic mass is 16.4. The molecule has 0 bridgehead atoms. The summed E-state index contributed by atoms with van der Waals surface area (Å²) in [6, 6.07) is 7.09. The molecule has 0 atom stereocenters. The van der Waals surface area contributed by atoms with Crippen LogP contribution in [-0.2, 0) is 9.59 Å². The highest BCUT2D eigenvalue weighted by Gasteiger charge is 1.96. The van der Waals surface area contributed by atoms with Gasteiger partial charge in [-0.25, -0.2) is 4.79 Å². The normalized spacial score (nSPS) is 11.0. The van der Waals surface area contributed by atoms with Crippen molar-refractivity contribution in [2.24, 2.45) is 5.73 Å². The molecule has 1 aromatic carbocycles. The van der Waals surface area contributed by atoms with E-state index in [1.54, 1.807) is 30.3 Å². The lowest BCUT2D eigenvalue weighted by molar-refractivity contribution is -0.131. The van der Waals surface area contributed by atoms with E-state index in [9.17, 15) is 9.59 Å². The highest BCUT2D eigenvalue weighted by molar-refractivity contribution is 5.91. The van der Waals surface area contributed by atoms with E-state index in [-0.39, 0.29) is 0 Å². The molecular formula is C12H11NO3. The van der Waals surface area contributed by atoms with E-state index < -0.39 is 11.9 Å². The summed E-state index contributed by atoms with van der Waals surface area (Å²) >= 11 is 0. The van der Waals surface area contributed by atoms with Crippen LogP contribution < -0.4 is 5.73 Å². The molecular weight excluding hydrogens is 206 g/mol. The topological polar surface area (TPSA) is 80.4 Å². The van der Waals surface area contributed by atoms with Crippen molar-refractivity contribution in [2.45, 2.75) is 0 Å². The van der Waals surface area contributed by atoms with Gasteiger partial charge in [0.1, 0.15) is 0 Å². The zero-order chi connectivity index (χ0) is 12.0. The molecule has 0 fully saturated rings. The number of carbonyl (C=O) groups is 2. The maximum atomic E-state index is 10.6. The summed E-state index contributed by atoms with van der Waals surface area (Å²) in [5.41, 5.74) is 6.42. The number of carbonyl (C=O) groups excluding carboxylic acids is 1. The molecule has 1 aromatic rings. The minimum Gasteiger partial charge on any atom is -0.478 e. The Bertz CT molecular complexity index is 418. The number of carboxylic acids is 1. The SMILES string of the molecule is NC(=O)/C=C\c1ccccc1/C=C/C(=O)O. The van der Waals surface area contributed by atoms with Gasteiger partial charge in [-0.2, -0.15) is 0 Å². The van der Waals surface area contributed by atoms with E-state index in [1.165, 1.54) is 12.2 Å². The number of hydrogen-bond acceptors (Lipinski definition) is 2. The molecule has 82 valence electrons. The smallest absolute Gasteiger partial charge is 0.328 e. The van der Waals surface area contributed by atoms with E-state index in [4.69, 9.17) is 10.8 Å². The largest absolute Gasteiger partial charge is 0.478 e. The Kier molecular flexibility index (Phi) is 4.03. The van der Waals surface area contributed by atoms with E-state index in [2.05, 4.69) is 0 Å². The lowest BCUT2D eigenvalue weighted by atomic mass is 10.1. The number of rotatable bonds is 4. The third-order valence-corrected chi connectivity index (χ3v) is 1.83. The van der Waals surface area contributed by atoms with Crippen LogP contribution in [0.25, 0.3) is 12.2 Å². The molecule has 0 saturated heterocycles. The van der Waals surface area contributed by atoms with Crippen molar-refractivity contribution in [3.8, 4) is 0 Å². The van der Waals surface area contributed by atoms with E-state index in [0.29, 0.717) is 5.56 Å². The number of nitrogens with two attached hydrogens (primary N) is 1. The molecule has 16 heavy (non-hydrogen) atoms. The average Bonchev–Trinajstić information content (AvgIpc) is 2.24. The van der Waals surface area contributed by atoms with Gasteiger partial charge in [0.2, 0.25) is 5.91 Å². The Morgan fingerprint density at radius 2 is 1.56 bits per heavy atom. The zero-order valence-electron chi connectivity index (χ0n) is 8.46. The van der Waals surface area contributed by atoms with Crippen LogP contribution in [0.5, 0.6) is 0 Å². The van der Waals surface area contributed by atoms with Crippen LogP contribution in [0, 0.1) is 0 Å². The van der Waals surface area contributed by atoms with Gasteiger partial charge in [0.05, 0.1) is 0 Å². The first-order chi connectivity index (χ1) is 7.59. The standard InChI is InChI=1S/C12H11NO3/c13-11(14)7-5-9-3-1-2-4-10(9)6-8-12(15)16/h1-8H,(H2,13,14)(H,15,16)/b7-5-,8-6+. The first-order valence-corrected chi connectivity index (χ1v) is 4.57. The Labute approximate surface area is 92.7 Å². The van der Waals surface area contributed by atoms with Crippen molar-refractivity contribution < 1.29 is 14.7 Å². The predicted octanol–water partition coefficient (Wildman–Crippen LogP) is 1.28. The number of hydrogen-bond donors (Lipinski definition) is 2. The van der Waals surface area contributed by atoms with Crippen LogP contribution in [0.2, 0.25) is 0 Å². The van der Waals surface area contributed by atoms with Gasteiger partial charge in [0.15, 0.2) is 0 Å². The molecule has 0 saturated carbocycles. The molecule has 1 rings (SSSR count). The molecule has 0 aliphatic rings. The Balaban J connectivity index is 3.00. The van der Waals surface area contributed by atoms with Crippen molar-refractivity contribution in [1.29, 1.82) is 0 Å². The highest BCUT2D eigenvalue weighted by Crippen LogP contribution is 2.12. The van der Waals surface area contributed by atoms with E-state index in [1.807, 2.05) is 0 Å². The molecule has 0 spiro atoms. The summed E-state index contributed by atoms with van der Waals surface area (Å²) in [6.45, 7) is 0. The Morgan fingerprint density at radius 3 is 2.00 bits per heavy atom. The van der Waals surface area contributed by atoms with Crippen LogP contribution in [0.1, 0.15) is 11.1 Å². The second kappa shape index (κ2) is 5.50. The second-order valence-corrected chi connectivity index (χ2v) is 3.04. The van der Waals surface area contributed by atoms with Crippen molar-refractivity contribution in [3.05, 3.63) is 47.5 Å². The Hall–Kier alpha value is -2.36. The first-order valence-electron chi connectivity index (χ1n) is 4.57. The van der Waals surface area contributed by atoms with Crippen molar-refractivity contribution >= 4 is 24.0 Å². The maximum Gasteiger partial charge on any atom is 0.328 e. The van der Waals surface area contributed by atoms with Gasteiger partial charge in [0.25, 0.3) is 0 Å². The molecule has 4 heteroatoms. The Morgan fingerprint density at radius 1 is 1.06 bits per heavy atom. The first kappa shape index (κ1) is 11.7. The van der Waals surface area contributed by atoms with Gasteiger partial charge >= 0.3 is 5.97 Å². The van der Waals surface area contributed by atoms with Crippen LogP contribution in [0.3, 0.4) is 0 Å². The zero-order valence-corrected chi connectivity index (χ0v) is 8.46. The van der Waals surface area contributed by atoms with Crippen LogP contribution in [0.4, 0.5) is 0 Å². The fourth-order valence-electron chi connectivity index (χ4n) is 1.15. The van der Waals surface area contributed by atoms with E-state index in [0.717, 1.165) is 11.6 Å². The molecule has 0 unspecified atom stereocenters. The number of benzene rings is 1. The summed E-state index contributed by atoms with van der Waals surface area (Å²) < 4.78 is 0. The molecule has 1 amide bonds. The second-order valence-electron chi connectivity index (χ2n) is 3.04. The number of carboxylic acid groups (broad SMARTS) is 1. The molecule has 4 nitrogen and oxygen atoms in total. The summed E-state index contributed by atoms with van der Waals surface area (Å²) in [6.07, 6.45) is 5.28. The fraction of sp³-hybridized carbons (Fsp3) is 0. The van der Waals surface area contributed by atoms with Gasteiger partial charge in [0, 0.05) is 12.2 Å². The minimum atomic E-state index is -1.02. The van der Waals surface area contributed by atoms with E-state index >= 15 is 0 Å². The summed E-state index contributed by atoms with van der Waals surface area (Å²) in [4.78, 5) is 20.9. The molecule has 0 aliphatic heterocycles. The number of amides is 1. The predicted molar refractivity (Wildman–Crippen MR) is 61.3 cm³/mol. The number of primary amides is 1. The van der Waals surface area contributed by atoms with Crippen LogP contribution in [0.15, 0.2) is 36.4 Å². The molecule has 0 heterocycles. The lowest BCUT2D eigenvalue weighted by Crippen LogP contribution is -2.05. The van der Waals surface area contributed by atoms with Crippen molar-refractivity contribution in [1.82, 2.24) is 0 Å². The third kappa shape index (κ3) is 3.79. The van der Waals surface area contributed by atoms with Gasteiger partial charge < -0.3 is 10.8 Å².